The van der Waals surface area contributed by atoms with Crippen molar-refractivity contribution in [1.82, 2.24) is 4.90 Å². The maximum Gasteiger partial charge on any atom is 0.323 e. The van der Waals surface area contributed by atoms with Crippen molar-refractivity contribution in [3.8, 4) is 11.5 Å². The van der Waals surface area contributed by atoms with E-state index in [9.17, 15) is 14.7 Å². The van der Waals surface area contributed by atoms with Crippen LogP contribution in [0.2, 0.25) is 0 Å². The summed E-state index contributed by atoms with van der Waals surface area (Å²) in [5.41, 5.74) is 1.64. The Morgan fingerprint density at radius 3 is 2.52 bits per heavy atom. The largest absolute Gasteiger partial charge is 0.497 e. The summed E-state index contributed by atoms with van der Waals surface area (Å²) in [7, 11) is 3.20. The van der Waals surface area contributed by atoms with Crippen LogP contribution in [0.15, 0.2) is 48.5 Å². The first-order valence-electron chi connectivity index (χ1n) is 9.56. The molecule has 0 saturated carbocycles. The van der Waals surface area contributed by atoms with E-state index in [1.54, 1.807) is 19.1 Å². The number of nitrogens with zero attached hydrogens (tertiary/aromatic N) is 2. The van der Waals surface area contributed by atoms with Gasteiger partial charge in [-0.3, -0.25) is 9.59 Å². The number of carboxylic acid groups (broad SMARTS) is 1. The summed E-state index contributed by atoms with van der Waals surface area (Å²) in [6.07, 6.45) is 1.72. The van der Waals surface area contributed by atoms with Gasteiger partial charge in [0.1, 0.15) is 18.0 Å². The SMILES string of the molecule is COc1ccc(C2CCCN2C(=O)CN(CC(=O)O)c2ccccc2)c(OC)c1. The first kappa shape index (κ1) is 20.5. The zero-order valence-electron chi connectivity index (χ0n) is 16.7. The molecular formula is C22H26N2O5. The van der Waals surface area contributed by atoms with Crippen LogP contribution in [0, 0.1) is 0 Å². The van der Waals surface area contributed by atoms with Gasteiger partial charge in [-0.25, -0.2) is 0 Å². The van der Waals surface area contributed by atoms with Crippen molar-refractivity contribution in [3.63, 3.8) is 0 Å². The van der Waals surface area contributed by atoms with E-state index < -0.39 is 5.97 Å². The second-order valence-corrected chi connectivity index (χ2v) is 6.94. The highest BCUT2D eigenvalue weighted by atomic mass is 16.5. The lowest BCUT2D eigenvalue weighted by Crippen LogP contribution is -2.42. The van der Waals surface area contributed by atoms with Crippen LogP contribution in [0.3, 0.4) is 0 Å². The number of carbonyl (C=O) groups is 2. The van der Waals surface area contributed by atoms with Gasteiger partial charge in [-0.2, -0.15) is 0 Å². The summed E-state index contributed by atoms with van der Waals surface area (Å²) in [5.74, 6) is 0.296. The van der Waals surface area contributed by atoms with Crippen molar-refractivity contribution in [2.75, 3.05) is 38.8 Å². The fourth-order valence-corrected chi connectivity index (χ4v) is 3.78. The predicted octanol–water partition coefficient (Wildman–Crippen LogP) is 2.96. The minimum atomic E-state index is -0.976. The fourth-order valence-electron chi connectivity index (χ4n) is 3.78. The number of rotatable bonds is 8. The average Bonchev–Trinajstić information content (AvgIpc) is 3.22. The van der Waals surface area contributed by atoms with E-state index in [-0.39, 0.29) is 25.0 Å². The number of amides is 1. The number of hydrogen-bond acceptors (Lipinski definition) is 5. The third-order valence-corrected chi connectivity index (χ3v) is 5.15. The third kappa shape index (κ3) is 4.80. The lowest BCUT2D eigenvalue weighted by molar-refractivity contribution is -0.135. The predicted molar refractivity (Wildman–Crippen MR) is 110 cm³/mol. The van der Waals surface area contributed by atoms with Crippen molar-refractivity contribution in [3.05, 3.63) is 54.1 Å². The van der Waals surface area contributed by atoms with Crippen LogP contribution >= 0.6 is 0 Å². The number of ether oxygens (including phenoxy) is 2. The van der Waals surface area contributed by atoms with Crippen LogP contribution in [-0.2, 0) is 9.59 Å². The van der Waals surface area contributed by atoms with E-state index in [1.807, 2.05) is 53.4 Å². The van der Waals surface area contributed by atoms with Crippen molar-refractivity contribution < 1.29 is 24.2 Å². The third-order valence-electron chi connectivity index (χ3n) is 5.15. The van der Waals surface area contributed by atoms with Crippen molar-refractivity contribution in [2.45, 2.75) is 18.9 Å². The first-order valence-corrected chi connectivity index (χ1v) is 9.56. The minimum absolute atomic E-state index is 0.00524. The Labute approximate surface area is 170 Å². The van der Waals surface area contributed by atoms with E-state index in [4.69, 9.17) is 9.47 Å². The molecule has 1 aliphatic rings. The molecule has 7 nitrogen and oxygen atoms in total. The first-order chi connectivity index (χ1) is 14.0. The van der Waals surface area contributed by atoms with Crippen LogP contribution in [0.25, 0.3) is 0 Å². The molecule has 29 heavy (non-hydrogen) atoms. The van der Waals surface area contributed by atoms with Gasteiger partial charge < -0.3 is 24.4 Å². The molecule has 3 rings (SSSR count). The Kier molecular flexibility index (Phi) is 6.59. The van der Waals surface area contributed by atoms with E-state index in [1.165, 1.54) is 0 Å². The molecule has 1 atom stereocenters. The van der Waals surface area contributed by atoms with Gasteiger partial charge in [0.05, 0.1) is 26.8 Å². The molecule has 1 unspecified atom stereocenters. The van der Waals surface area contributed by atoms with Gasteiger partial charge in [0.15, 0.2) is 0 Å². The van der Waals surface area contributed by atoms with Gasteiger partial charge >= 0.3 is 5.97 Å². The molecule has 0 radical (unpaired) electrons. The molecule has 0 aromatic heterocycles. The highest BCUT2D eigenvalue weighted by Gasteiger charge is 2.33. The number of benzene rings is 2. The van der Waals surface area contributed by atoms with Crippen LogP contribution in [0.4, 0.5) is 5.69 Å². The minimum Gasteiger partial charge on any atom is -0.497 e. The van der Waals surface area contributed by atoms with Crippen molar-refractivity contribution >= 4 is 17.6 Å². The number of methoxy groups -OCH3 is 2. The zero-order chi connectivity index (χ0) is 20.8. The molecule has 1 aliphatic heterocycles. The summed E-state index contributed by atoms with van der Waals surface area (Å²) in [5, 5.41) is 9.28. The highest BCUT2D eigenvalue weighted by Crippen LogP contribution is 2.38. The van der Waals surface area contributed by atoms with E-state index >= 15 is 0 Å². The van der Waals surface area contributed by atoms with Gasteiger partial charge in [-0.15, -0.1) is 0 Å². The normalized spacial score (nSPS) is 15.8. The van der Waals surface area contributed by atoms with Crippen LogP contribution in [-0.4, -0.2) is 55.7 Å². The molecule has 1 amide bonds. The maximum absolute atomic E-state index is 13.1. The number of carboxylic acids is 1. The van der Waals surface area contributed by atoms with Gasteiger partial charge in [0.25, 0.3) is 0 Å². The summed E-state index contributed by atoms with van der Waals surface area (Å²) >= 11 is 0. The summed E-state index contributed by atoms with van der Waals surface area (Å²) in [4.78, 5) is 27.9. The Hall–Kier alpha value is -3.22. The standard InChI is InChI=1S/C22H26N2O5/c1-28-17-10-11-18(20(13-17)29-2)19-9-6-12-24(19)21(25)14-23(15-22(26)27)16-7-4-3-5-8-16/h3-5,7-8,10-11,13,19H,6,9,12,14-15H2,1-2H3,(H,26,27). The fraction of sp³-hybridized carbons (Fsp3) is 0.364. The molecule has 1 N–H and O–H groups in total. The number of likely N-dealkylation sites (tertiary alicyclic amines) is 1. The number of carbonyl (C=O) groups excluding carboxylic acids is 1. The lowest BCUT2D eigenvalue weighted by Gasteiger charge is -2.30. The molecule has 1 heterocycles. The second-order valence-electron chi connectivity index (χ2n) is 6.94. The molecule has 1 fully saturated rings. The monoisotopic (exact) mass is 398 g/mol. The topological polar surface area (TPSA) is 79.3 Å². The average molecular weight is 398 g/mol. The molecule has 2 aromatic carbocycles. The highest BCUT2D eigenvalue weighted by molar-refractivity contribution is 5.84. The molecule has 2 aromatic rings. The van der Waals surface area contributed by atoms with Crippen molar-refractivity contribution in [2.24, 2.45) is 0 Å². The van der Waals surface area contributed by atoms with Crippen molar-refractivity contribution in [1.29, 1.82) is 0 Å². The molecule has 7 heteroatoms. The number of para-hydroxylation sites is 1. The lowest BCUT2D eigenvalue weighted by atomic mass is 10.0. The maximum atomic E-state index is 13.1. The number of anilines is 1. The molecule has 154 valence electrons. The van der Waals surface area contributed by atoms with Gasteiger partial charge in [-0.1, -0.05) is 18.2 Å². The molecular weight excluding hydrogens is 372 g/mol. The van der Waals surface area contributed by atoms with Gasteiger partial charge in [0, 0.05) is 23.9 Å². The zero-order valence-corrected chi connectivity index (χ0v) is 16.7. The van der Waals surface area contributed by atoms with E-state index in [0.29, 0.717) is 23.7 Å². The Balaban J connectivity index is 1.81. The molecule has 0 spiro atoms. The molecule has 0 bridgehead atoms. The summed E-state index contributed by atoms with van der Waals surface area (Å²) in [6, 6.07) is 14.6. The molecule has 1 saturated heterocycles. The number of hydrogen-bond donors (Lipinski definition) is 1. The summed E-state index contributed by atoms with van der Waals surface area (Å²) in [6.45, 7) is 0.403. The Bertz CT molecular complexity index is 856. The number of aliphatic carboxylic acids is 1. The summed E-state index contributed by atoms with van der Waals surface area (Å²) < 4.78 is 10.8. The van der Waals surface area contributed by atoms with Crippen LogP contribution in [0.5, 0.6) is 11.5 Å². The smallest absolute Gasteiger partial charge is 0.323 e. The van der Waals surface area contributed by atoms with Crippen LogP contribution < -0.4 is 14.4 Å². The Morgan fingerprint density at radius 2 is 1.86 bits per heavy atom. The second kappa shape index (κ2) is 9.32. The van der Waals surface area contributed by atoms with E-state index in [0.717, 1.165) is 18.4 Å². The van der Waals surface area contributed by atoms with Gasteiger partial charge in [-0.05, 0) is 37.1 Å². The molecule has 0 aliphatic carbocycles. The van der Waals surface area contributed by atoms with E-state index in [2.05, 4.69) is 0 Å². The quantitative estimate of drug-likeness (QED) is 0.737. The van der Waals surface area contributed by atoms with Gasteiger partial charge in [0.2, 0.25) is 5.91 Å². The van der Waals surface area contributed by atoms with Crippen LogP contribution in [0.1, 0.15) is 24.4 Å². The Morgan fingerprint density at radius 1 is 1.10 bits per heavy atom.